The molecular weight excluding hydrogens is 298 g/mol. The Hall–Kier alpha value is -0.000000000000000111. The number of anilines is 1. The van der Waals surface area contributed by atoms with Crippen LogP contribution in [-0.4, -0.2) is 28.5 Å². The molecular formula is C9H13BrClN3S. The van der Waals surface area contributed by atoms with E-state index in [1.807, 2.05) is 11.8 Å². The Bertz CT molecular complexity index is 311. The lowest BCUT2D eigenvalue weighted by molar-refractivity contribution is 0.838. The first kappa shape index (κ1) is 13.1. The zero-order valence-corrected chi connectivity index (χ0v) is 11.6. The van der Waals surface area contributed by atoms with E-state index in [1.165, 1.54) is 12.2 Å². The molecule has 1 rings (SSSR count). The van der Waals surface area contributed by atoms with Crippen LogP contribution >= 0.6 is 39.3 Å². The second-order valence-corrected chi connectivity index (χ2v) is 5.14. The van der Waals surface area contributed by atoms with Gasteiger partial charge in [-0.25, -0.2) is 4.98 Å². The molecule has 1 aromatic rings. The number of unbranched alkanes of at least 4 members (excludes halogenated alkanes) is 1. The van der Waals surface area contributed by atoms with Crippen molar-refractivity contribution in [3.63, 3.8) is 0 Å². The van der Waals surface area contributed by atoms with Gasteiger partial charge in [0.15, 0.2) is 0 Å². The van der Waals surface area contributed by atoms with Crippen LogP contribution in [0.2, 0.25) is 5.28 Å². The molecule has 0 spiro atoms. The van der Waals surface area contributed by atoms with Gasteiger partial charge < -0.3 is 5.32 Å². The van der Waals surface area contributed by atoms with E-state index in [0.29, 0.717) is 0 Å². The summed E-state index contributed by atoms with van der Waals surface area (Å²) in [6.45, 7) is 0.909. The third kappa shape index (κ3) is 5.04. The zero-order valence-electron chi connectivity index (χ0n) is 8.46. The highest BCUT2D eigenvalue weighted by atomic mass is 79.9. The number of hydrogen-bond donors (Lipinski definition) is 1. The van der Waals surface area contributed by atoms with Crippen molar-refractivity contribution < 1.29 is 0 Å². The van der Waals surface area contributed by atoms with Crippen LogP contribution in [0.4, 0.5) is 5.82 Å². The summed E-state index contributed by atoms with van der Waals surface area (Å²) < 4.78 is 0.844. The first-order valence-corrected chi connectivity index (χ1v) is 7.21. The Morgan fingerprint density at radius 2 is 2.33 bits per heavy atom. The summed E-state index contributed by atoms with van der Waals surface area (Å²) in [6.07, 6.45) is 6.12. The molecule has 0 aliphatic carbocycles. The van der Waals surface area contributed by atoms with Crippen molar-refractivity contribution in [2.75, 3.05) is 23.9 Å². The molecule has 0 aliphatic rings. The molecule has 0 bridgehead atoms. The lowest BCUT2D eigenvalue weighted by Crippen LogP contribution is -2.05. The summed E-state index contributed by atoms with van der Waals surface area (Å²) in [5.74, 6) is 1.96. The van der Waals surface area contributed by atoms with E-state index >= 15 is 0 Å². The molecule has 0 aliphatic heterocycles. The van der Waals surface area contributed by atoms with Crippen molar-refractivity contribution in [2.24, 2.45) is 0 Å². The predicted octanol–water partition coefficient (Wildman–Crippen LogP) is 3.45. The summed E-state index contributed by atoms with van der Waals surface area (Å²) in [5.41, 5.74) is 0. The van der Waals surface area contributed by atoms with E-state index in [9.17, 15) is 0 Å². The predicted molar refractivity (Wildman–Crippen MR) is 70.8 cm³/mol. The van der Waals surface area contributed by atoms with Gasteiger partial charge in [0, 0.05) is 12.7 Å². The summed E-state index contributed by atoms with van der Waals surface area (Å²) >= 11 is 10.9. The maximum Gasteiger partial charge on any atom is 0.224 e. The number of aromatic nitrogens is 2. The Morgan fingerprint density at radius 1 is 1.53 bits per heavy atom. The van der Waals surface area contributed by atoms with Crippen LogP contribution in [-0.2, 0) is 0 Å². The van der Waals surface area contributed by atoms with Gasteiger partial charge in [-0.3, -0.25) is 0 Å². The number of nitrogens with one attached hydrogen (secondary N) is 1. The van der Waals surface area contributed by atoms with Crippen LogP contribution in [0.25, 0.3) is 0 Å². The van der Waals surface area contributed by atoms with E-state index < -0.39 is 0 Å². The van der Waals surface area contributed by atoms with E-state index in [-0.39, 0.29) is 5.28 Å². The van der Waals surface area contributed by atoms with Gasteiger partial charge in [0.2, 0.25) is 5.28 Å². The van der Waals surface area contributed by atoms with Crippen LogP contribution in [0.1, 0.15) is 12.8 Å². The SMILES string of the molecule is CSCCCCNc1nc(Cl)ncc1Br. The minimum absolute atomic E-state index is 0.268. The Labute approximate surface area is 108 Å². The first-order valence-electron chi connectivity index (χ1n) is 4.65. The van der Waals surface area contributed by atoms with Gasteiger partial charge in [-0.05, 0) is 52.4 Å². The van der Waals surface area contributed by atoms with Gasteiger partial charge in [-0.15, -0.1) is 0 Å². The average molecular weight is 311 g/mol. The fraction of sp³-hybridized carbons (Fsp3) is 0.556. The Balaban J connectivity index is 2.33. The molecule has 0 saturated carbocycles. The van der Waals surface area contributed by atoms with Gasteiger partial charge in [0.25, 0.3) is 0 Å². The lowest BCUT2D eigenvalue weighted by atomic mass is 10.3. The molecule has 0 saturated heterocycles. The van der Waals surface area contributed by atoms with Gasteiger partial charge >= 0.3 is 0 Å². The first-order chi connectivity index (χ1) is 7.24. The van der Waals surface area contributed by atoms with Crippen molar-refractivity contribution in [1.82, 2.24) is 9.97 Å². The molecule has 0 amide bonds. The number of hydrogen-bond acceptors (Lipinski definition) is 4. The number of thioether (sulfide) groups is 1. The molecule has 0 aromatic carbocycles. The third-order valence-electron chi connectivity index (χ3n) is 1.78. The van der Waals surface area contributed by atoms with E-state index in [2.05, 4.69) is 37.5 Å². The average Bonchev–Trinajstić information content (AvgIpc) is 2.23. The summed E-state index contributed by atoms with van der Waals surface area (Å²) in [6, 6.07) is 0. The van der Waals surface area contributed by atoms with Gasteiger partial charge in [-0.1, -0.05) is 0 Å². The summed E-state index contributed by atoms with van der Waals surface area (Å²) in [4.78, 5) is 7.94. The molecule has 1 aromatic heterocycles. The standard InChI is InChI=1S/C9H13BrClN3S/c1-15-5-3-2-4-12-8-7(10)6-13-9(11)14-8/h6H,2-5H2,1H3,(H,12,13,14). The van der Waals surface area contributed by atoms with Crippen LogP contribution in [0.5, 0.6) is 0 Å². The summed E-state index contributed by atoms with van der Waals surface area (Å²) in [7, 11) is 0. The molecule has 1 N–H and O–H groups in total. The maximum absolute atomic E-state index is 5.69. The molecule has 15 heavy (non-hydrogen) atoms. The maximum atomic E-state index is 5.69. The van der Waals surface area contributed by atoms with E-state index in [0.717, 1.165) is 23.3 Å². The van der Waals surface area contributed by atoms with Gasteiger partial charge in [-0.2, -0.15) is 16.7 Å². The van der Waals surface area contributed by atoms with Crippen LogP contribution < -0.4 is 5.32 Å². The van der Waals surface area contributed by atoms with Gasteiger partial charge in [0.1, 0.15) is 5.82 Å². The highest BCUT2D eigenvalue weighted by molar-refractivity contribution is 9.10. The monoisotopic (exact) mass is 309 g/mol. The lowest BCUT2D eigenvalue weighted by Gasteiger charge is -2.06. The molecule has 84 valence electrons. The third-order valence-corrected chi connectivity index (χ3v) is 3.24. The number of halogens is 2. The van der Waals surface area contributed by atoms with E-state index in [4.69, 9.17) is 11.6 Å². The quantitative estimate of drug-likeness (QED) is 0.645. The Morgan fingerprint density at radius 3 is 3.07 bits per heavy atom. The van der Waals surface area contributed by atoms with Crippen molar-refractivity contribution in [3.8, 4) is 0 Å². The molecule has 0 radical (unpaired) electrons. The van der Waals surface area contributed by atoms with Crippen LogP contribution in [0.15, 0.2) is 10.7 Å². The smallest absolute Gasteiger partial charge is 0.224 e. The van der Waals surface area contributed by atoms with Gasteiger partial charge in [0.05, 0.1) is 4.47 Å². The number of rotatable bonds is 6. The normalized spacial score (nSPS) is 10.3. The zero-order chi connectivity index (χ0) is 11.1. The second-order valence-electron chi connectivity index (χ2n) is 2.96. The van der Waals surface area contributed by atoms with Crippen LogP contribution in [0, 0.1) is 0 Å². The fourth-order valence-electron chi connectivity index (χ4n) is 1.05. The van der Waals surface area contributed by atoms with Crippen molar-refractivity contribution in [2.45, 2.75) is 12.8 Å². The molecule has 6 heteroatoms. The fourth-order valence-corrected chi connectivity index (χ4v) is 2.01. The van der Waals surface area contributed by atoms with Crippen molar-refractivity contribution >= 4 is 45.1 Å². The Kier molecular flexibility index (Phi) is 6.36. The second kappa shape index (κ2) is 7.30. The van der Waals surface area contributed by atoms with Crippen LogP contribution in [0.3, 0.4) is 0 Å². The molecule has 3 nitrogen and oxygen atoms in total. The van der Waals surface area contributed by atoms with Crippen molar-refractivity contribution in [3.05, 3.63) is 16.0 Å². The molecule has 0 unspecified atom stereocenters. The molecule has 1 heterocycles. The number of nitrogens with zero attached hydrogens (tertiary/aromatic N) is 2. The summed E-state index contributed by atoms with van der Waals surface area (Å²) in [5, 5.41) is 3.49. The molecule has 0 fully saturated rings. The largest absolute Gasteiger partial charge is 0.369 e. The molecule has 0 atom stereocenters. The highest BCUT2D eigenvalue weighted by Gasteiger charge is 2.02. The minimum atomic E-state index is 0.268. The topological polar surface area (TPSA) is 37.8 Å². The minimum Gasteiger partial charge on any atom is -0.369 e. The highest BCUT2D eigenvalue weighted by Crippen LogP contribution is 2.19. The van der Waals surface area contributed by atoms with E-state index in [1.54, 1.807) is 6.20 Å². The van der Waals surface area contributed by atoms with Crippen molar-refractivity contribution in [1.29, 1.82) is 0 Å².